The van der Waals surface area contributed by atoms with Crippen LogP contribution in [0.15, 0.2) is 0 Å². The molecule has 0 aliphatic heterocycles. The third kappa shape index (κ3) is 12.1. The van der Waals surface area contributed by atoms with Gasteiger partial charge in [0.2, 0.25) is 0 Å². The van der Waals surface area contributed by atoms with Crippen LogP contribution in [0.1, 0.15) is 130 Å². The first-order valence-corrected chi connectivity index (χ1v) is 11.2. The Kier molecular flexibility index (Phi) is 17.3. The van der Waals surface area contributed by atoms with Crippen LogP contribution in [0.3, 0.4) is 0 Å². The van der Waals surface area contributed by atoms with E-state index in [2.05, 4.69) is 27.7 Å². The molecule has 0 aliphatic carbocycles. The predicted octanol–water partition coefficient (Wildman–Crippen LogP) is 8.11. The number of unbranched alkanes of at least 4 members (excludes halogenated alkanes) is 8. The van der Waals surface area contributed by atoms with Crippen molar-refractivity contribution in [3.05, 3.63) is 0 Å². The number of carbonyl (C=O) groups is 1. The summed E-state index contributed by atoms with van der Waals surface area (Å²) in [5.74, 6) is 1.32. The average molecular weight is 339 g/mol. The van der Waals surface area contributed by atoms with E-state index in [0.29, 0.717) is 17.6 Å². The van der Waals surface area contributed by atoms with Crippen LogP contribution in [0.2, 0.25) is 0 Å². The fourth-order valence-electron chi connectivity index (χ4n) is 3.88. The number of hydrogen-bond acceptors (Lipinski definition) is 1. The van der Waals surface area contributed by atoms with Gasteiger partial charge in [0.15, 0.2) is 0 Å². The van der Waals surface area contributed by atoms with Gasteiger partial charge in [0.05, 0.1) is 0 Å². The van der Waals surface area contributed by atoms with Crippen LogP contribution in [0.4, 0.5) is 0 Å². The summed E-state index contributed by atoms with van der Waals surface area (Å²) in [4.78, 5) is 13.1. The fraction of sp³-hybridized carbons (Fsp3) is 0.957. The van der Waals surface area contributed by atoms with E-state index in [1.54, 1.807) is 0 Å². The molecule has 0 radical (unpaired) electrons. The number of rotatable bonds is 18. The van der Waals surface area contributed by atoms with Crippen LogP contribution < -0.4 is 0 Å². The van der Waals surface area contributed by atoms with Crippen molar-refractivity contribution in [3.63, 3.8) is 0 Å². The van der Waals surface area contributed by atoms with E-state index in [1.165, 1.54) is 64.2 Å². The van der Waals surface area contributed by atoms with Crippen LogP contribution in [-0.4, -0.2) is 5.78 Å². The minimum atomic E-state index is 0.351. The monoisotopic (exact) mass is 338 g/mol. The van der Waals surface area contributed by atoms with E-state index in [1.807, 2.05) is 0 Å². The summed E-state index contributed by atoms with van der Waals surface area (Å²) in [6.07, 6.45) is 20.0. The van der Waals surface area contributed by atoms with E-state index in [-0.39, 0.29) is 0 Å². The number of carbonyl (C=O) groups excluding carboxylic acids is 1. The molecule has 0 N–H and O–H groups in total. The topological polar surface area (TPSA) is 17.1 Å². The summed E-state index contributed by atoms with van der Waals surface area (Å²) in [5.41, 5.74) is 0. The highest BCUT2D eigenvalue weighted by molar-refractivity contribution is 5.83. The molecule has 2 unspecified atom stereocenters. The normalized spacial score (nSPS) is 13.8. The first-order valence-electron chi connectivity index (χ1n) is 11.2. The molecule has 0 aromatic heterocycles. The van der Waals surface area contributed by atoms with Gasteiger partial charge in [-0.15, -0.1) is 0 Å². The van der Waals surface area contributed by atoms with Gasteiger partial charge in [0.1, 0.15) is 5.78 Å². The Bertz CT molecular complexity index is 245. The summed E-state index contributed by atoms with van der Waals surface area (Å²) in [5, 5.41) is 0. The zero-order valence-electron chi connectivity index (χ0n) is 17.4. The van der Waals surface area contributed by atoms with E-state index < -0.39 is 0 Å². The van der Waals surface area contributed by atoms with Crippen molar-refractivity contribution >= 4 is 5.78 Å². The third-order valence-corrected chi connectivity index (χ3v) is 5.39. The van der Waals surface area contributed by atoms with Crippen LogP contribution in [0, 0.1) is 11.8 Å². The van der Waals surface area contributed by atoms with Crippen LogP contribution in [0.25, 0.3) is 0 Å². The van der Waals surface area contributed by atoms with Crippen molar-refractivity contribution in [2.75, 3.05) is 0 Å². The van der Waals surface area contributed by atoms with Crippen molar-refractivity contribution in [3.8, 4) is 0 Å². The molecule has 0 bridgehead atoms. The minimum Gasteiger partial charge on any atom is -0.299 e. The molecular weight excluding hydrogens is 292 g/mol. The molecule has 0 aromatic carbocycles. The van der Waals surface area contributed by atoms with Crippen molar-refractivity contribution in [1.29, 1.82) is 0 Å². The molecule has 24 heavy (non-hydrogen) atoms. The Hall–Kier alpha value is -0.330. The number of ketones is 1. The van der Waals surface area contributed by atoms with Gasteiger partial charge in [-0.1, -0.05) is 105 Å². The zero-order chi connectivity index (χ0) is 18.0. The second-order valence-electron chi connectivity index (χ2n) is 7.78. The second-order valence-corrected chi connectivity index (χ2v) is 7.78. The molecule has 1 nitrogen and oxygen atoms in total. The van der Waals surface area contributed by atoms with Gasteiger partial charge in [-0.05, 0) is 25.7 Å². The van der Waals surface area contributed by atoms with Gasteiger partial charge in [0.25, 0.3) is 0 Å². The van der Waals surface area contributed by atoms with Crippen LogP contribution in [-0.2, 0) is 4.79 Å². The second kappa shape index (κ2) is 17.5. The van der Waals surface area contributed by atoms with Crippen molar-refractivity contribution in [2.45, 2.75) is 130 Å². The summed E-state index contributed by atoms with van der Waals surface area (Å²) >= 11 is 0. The van der Waals surface area contributed by atoms with Gasteiger partial charge in [-0.3, -0.25) is 4.79 Å². The van der Waals surface area contributed by atoms with Crippen LogP contribution in [0.5, 0.6) is 0 Å². The van der Waals surface area contributed by atoms with E-state index in [4.69, 9.17) is 0 Å². The Labute approximate surface area is 153 Å². The van der Waals surface area contributed by atoms with Gasteiger partial charge in [-0.2, -0.15) is 0 Å². The first-order chi connectivity index (χ1) is 11.7. The molecule has 0 aliphatic rings. The Morgan fingerprint density at radius 3 is 1.21 bits per heavy atom. The average Bonchev–Trinajstić information content (AvgIpc) is 2.59. The summed E-state index contributed by atoms with van der Waals surface area (Å²) in [7, 11) is 0. The molecule has 0 heterocycles. The lowest BCUT2D eigenvalue weighted by atomic mass is 9.81. The smallest absolute Gasteiger partial charge is 0.139 e. The van der Waals surface area contributed by atoms with Crippen LogP contribution >= 0.6 is 0 Å². The number of hydrogen-bond donors (Lipinski definition) is 0. The molecule has 0 aromatic rings. The highest BCUT2D eigenvalue weighted by Crippen LogP contribution is 2.26. The third-order valence-electron chi connectivity index (χ3n) is 5.39. The largest absolute Gasteiger partial charge is 0.299 e. The van der Waals surface area contributed by atoms with Crippen molar-refractivity contribution < 1.29 is 4.79 Å². The first kappa shape index (κ1) is 23.7. The summed E-state index contributed by atoms with van der Waals surface area (Å²) in [6.45, 7) is 8.99. The molecule has 0 spiro atoms. The number of Topliss-reactive ketones (excluding diaryl/α,β-unsaturated/α-hetero) is 1. The lowest BCUT2D eigenvalue weighted by molar-refractivity contribution is -0.127. The molecule has 2 atom stereocenters. The van der Waals surface area contributed by atoms with Gasteiger partial charge in [0, 0.05) is 11.8 Å². The molecule has 144 valence electrons. The maximum absolute atomic E-state index is 13.1. The predicted molar refractivity (Wildman–Crippen MR) is 109 cm³/mol. The Balaban J connectivity index is 4.33. The van der Waals surface area contributed by atoms with E-state index in [9.17, 15) is 4.79 Å². The lowest BCUT2D eigenvalue weighted by Crippen LogP contribution is -2.24. The Morgan fingerprint density at radius 1 is 0.500 bits per heavy atom. The maximum Gasteiger partial charge on any atom is 0.139 e. The van der Waals surface area contributed by atoms with Gasteiger partial charge in [-0.25, -0.2) is 0 Å². The highest BCUT2D eigenvalue weighted by atomic mass is 16.1. The standard InChI is InChI=1S/C23H46O/c1-5-9-11-13-15-19-21(17-7-3)23(24)22(18-8-4)20-16-14-12-10-6-2/h21-22H,5-20H2,1-4H3. The van der Waals surface area contributed by atoms with Gasteiger partial charge >= 0.3 is 0 Å². The van der Waals surface area contributed by atoms with E-state index >= 15 is 0 Å². The minimum absolute atomic E-state index is 0.351. The molecule has 0 saturated carbocycles. The molecule has 0 amide bonds. The molecule has 1 heteroatoms. The lowest BCUT2D eigenvalue weighted by Gasteiger charge is -2.22. The Morgan fingerprint density at radius 2 is 0.875 bits per heavy atom. The fourth-order valence-corrected chi connectivity index (χ4v) is 3.88. The molecule has 0 fully saturated rings. The van der Waals surface area contributed by atoms with Gasteiger partial charge < -0.3 is 0 Å². The quantitative estimate of drug-likeness (QED) is 0.231. The highest BCUT2D eigenvalue weighted by Gasteiger charge is 2.25. The molecular formula is C23H46O. The van der Waals surface area contributed by atoms with E-state index in [0.717, 1.165) is 38.5 Å². The summed E-state index contributed by atoms with van der Waals surface area (Å²) in [6, 6.07) is 0. The molecule has 0 saturated heterocycles. The van der Waals surface area contributed by atoms with Crippen molar-refractivity contribution in [2.24, 2.45) is 11.8 Å². The summed E-state index contributed by atoms with van der Waals surface area (Å²) < 4.78 is 0. The molecule has 0 rings (SSSR count). The maximum atomic E-state index is 13.1. The SMILES string of the molecule is CCCCCCCC(CCC)C(=O)C(CCC)CCCCCCC. The van der Waals surface area contributed by atoms with Crippen molar-refractivity contribution in [1.82, 2.24) is 0 Å². The zero-order valence-corrected chi connectivity index (χ0v) is 17.4.